The molecule has 5 nitrogen and oxygen atoms in total. The summed E-state index contributed by atoms with van der Waals surface area (Å²) in [4.78, 5) is 20.4. The van der Waals surface area contributed by atoms with Crippen molar-refractivity contribution in [3.8, 4) is 0 Å². The highest BCUT2D eigenvalue weighted by atomic mass is 16.5. The largest absolute Gasteiger partial charge is 0.462 e. The van der Waals surface area contributed by atoms with Gasteiger partial charge < -0.3 is 9.47 Å². The van der Waals surface area contributed by atoms with E-state index in [4.69, 9.17) is 9.47 Å². The van der Waals surface area contributed by atoms with Crippen LogP contribution < -0.4 is 0 Å². The molecule has 0 spiro atoms. The summed E-state index contributed by atoms with van der Waals surface area (Å²) in [6.45, 7) is 4.86. The summed E-state index contributed by atoms with van der Waals surface area (Å²) < 4.78 is 10.5. The van der Waals surface area contributed by atoms with Gasteiger partial charge in [0.1, 0.15) is 6.10 Å². The lowest BCUT2D eigenvalue weighted by atomic mass is 10.1. The zero-order valence-corrected chi connectivity index (χ0v) is 10.8. The first-order valence-corrected chi connectivity index (χ1v) is 6.40. The molecular weight excluding hydrogens is 232 g/mol. The maximum atomic E-state index is 11.7. The molecule has 2 heterocycles. The van der Waals surface area contributed by atoms with E-state index in [1.165, 1.54) is 0 Å². The first-order chi connectivity index (χ1) is 8.76. The van der Waals surface area contributed by atoms with Gasteiger partial charge in [-0.3, -0.25) is 0 Å². The van der Waals surface area contributed by atoms with Crippen molar-refractivity contribution in [1.82, 2.24) is 9.97 Å². The molecule has 1 atom stereocenters. The zero-order valence-electron chi connectivity index (χ0n) is 10.8. The normalized spacial score (nSPS) is 18.9. The minimum atomic E-state index is -0.353. The molecule has 0 N–H and O–H groups in total. The van der Waals surface area contributed by atoms with Gasteiger partial charge in [-0.05, 0) is 26.2 Å². The summed E-state index contributed by atoms with van der Waals surface area (Å²) in [5.74, 6) is 0.325. The highest BCUT2D eigenvalue weighted by Crippen LogP contribution is 2.26. The molecular formula is C13H18N2O3. The molecule has 0 aliphatic carbocycles. The van der Waals surface area contributed by atoms with Gasteiger partial charge in [0.2, 0.25) is 0 Å². The van der Waals surface area contributed by atoms with E-state index in [0.29, 0.717) is 24.4 Å². The van der Waals surface area contributed by atoms with Gasteiger partial charge in [-0.2, -0.15) is 0 Å². The molecule has 0 aromatic carbocycles. The Hall–Kier alpha value is -1.49. The van der Waals surface area contributed by atoms with Gasteiger partial charge in [-0.1, -0.05) is 6.92 Å². The zero-order chi connectivity index (χ0) is 13.0. The van der Waals surface area contributed by atoms with Crippen LogP contribution in [0.3, 0.4) is 0 Å². The average molecular weight is 250 g/mol. The van der Waals surface area contributed by atoms with E-state index in [9.17, 15) is 4.79 Å². The highest BCUT2D eigenvalue weighted by molar-refractivity contribution is 5.90. The van der Waals surface area contributed by atoms with E-state index < -0.39 is 0 Å². The van der Waals surface area contributed by atoms with E-state index in [1.54, 1.807) is 13.1 Å². The molecule has 1 saturated heterocycles. The Labute approximate surface area is 107 Å². The second-order valence-electron chi connectivity index (χ2n) is 4.16. The van der Waals surface area contributed by atoms with Crippen molar-refractivity contribution in [3.63, 3.8) is 0 Å². The van der Waals surface area contributed by atoms with Crippen LogP contribution in [0.15, 0.2) is 6.20 Å². The molecule has 1 aromatic rings. The molecule has 98 valence electrons. The first kappa shape index (κ1) is 13.0. The van der Waals surface area contributed by atoms with Crippen LogP contribution in [0, 0.1) is 0 Å². The number of esters is 1. The topological polar surface area (TPSA) is 61.3 Å². The smallest absolute Gasteiger partial charge is 0.341 e. The summed E-state index contributed by atoms with van der Waals surface area (Å²) in [5.41, 5.74) is 1.19. The van der Waals surface area contributed by atoms with Gasteiger partial charge in [0, 0.05) is 12.8 Å². The predicted molar refractivity (Wildman–Crippen MR) is 65.3 cm³/mol. The van der Waals surface area contributed by atoms with Crippen molar-refractivity contribution in [1.29, 1.82) is 0 Å². The lowest BCUT2D eigenvalue weighted by Gasteiger charge is -2.11. The Morgan fingerprint density at radius 3 is 3.00 bits per heavy atom. The Morgan fingerprint density at radius 1 is 1.56 bits per heavy atom. The van der Waals surface area contributed by atoms with Gasteiger partial charge >= 0.3 is 5.97 Å². The van der Waals surface area contributed by atoms with Crippen molar-refractivity contribution in [2.75, 3.05) is 13.2 Å². The Bertz CT molecular complexity index is 428. The van der Waals surface area contributed by atoms with Crippen molar-refractivity contribution in [3.05, 3.63) is 23.3 Å². The summed E-state index contributed by atoms with van der Waals surface area (Å²) in [6.07, 6.45) is 4.19. The van der Waals surface area contributed by atoms with Crippen LogP contribution in [0.5, 0.6) is 0 Å². The number of aromatic nitrogens is 2. The average Bonchev–Trinajstić information content (AvgIpc) is 2.92. The number of carbonyl (C=O) groups excluding carboxylic acids is 1. The molecule has 1 unspecified atom stereocenters. The van der Waals surface area contributed by atoms with E-state index in [1.807, 2.05) is 6.92 Å². The lowest BCUT2D eigenvalue weighted by molar-refractivity contribution is 0.0523. The Kier molecular flexibility index (Phi) is 4.25. The minimum Gasteiger partial charge on any atom is -0.462 e. The van der Waals surface area contributed by atoms with Crippen LogP contribution >= 0.6 is 0 Å². The van der Waals surface area contributed by atoms with E-state index in [2.05, 4.69) is 9.97 Å². The summed E-state index contributed by atoms with van der Waals surface area (Å²) in [7, 11) is 0. The summed E-state index contributed by atoms with van der Waals surface area (Å²) in [5, 5.41) is 0. The molecule has 1 aliphatic rings. The highest BCUT2D eigenvalue weighted by Gasteiger charge is 2.22. The minimum absolute atomic E-state index is 0.0217. The molecule has 2 rings (SSSR count). The molecule has 1 aliphatic heterocycles. The van der Waals surface area contributed by atoms with Crippen molar-refractivity contribution >= 4 is 5.97 Å². The van der Waals surface area contributed by atoms with Crippen molar-refractivity contribution in [2.24, 2.45) is 0 Å². The number of ether oxygens (including phenoxy) is 2. The van der Waals surface area contributed by atoms with E-state index in [0.717, 1.165) is 25.1 Å². The third-order valence-electron chi connectivity index (χ3n) is 2.93. The molecule has 0 radical (unpaired) electrons. The van der Waals surface area contributed by atoms with Gasteiger partial charge in [-0.25, -0.2) is 14.8 Å². The second kappa shape index (κ2) is 5.91. The maximum Gasteiger partial charge on any atom is 0.341 e. The van der Waals surface area contributed by atoms with E-state index in [-0.39, 0.29) is 12.1 Å². The Morgan fingerprint density at radius 2 is 2.39 bits per heavy atom. The fourth-order valence-electron chi connectivity index (χ4n) is 2.02. The molecule has 1 fully saturated rings. The lowest BCUT2D eigenvalue weighted by Crippen LogP contribution is -2.13. The predicted octanol–water partition coefficient (Wildman–Crippen LogP) is 2.07. The number of nitrogens with zero attached hydrogens (tertiary/aromatic N) is 2. The van der Waals surface area contributed by atoms with E-state index >= 15 is 0 Å². The fraction of sp³-hybridized carbons (Fsp3) is 0.615. The quantitative estimate of drug-likeness (QED) is 0.765. The third-order valence-corrected chi connectivity index (χ3v) is 2.93. The first-order valence-electron chi connectivity index (χ1n) is 6.40. The number of hydrogen-bond acceptors (Lipinski definition) is 5. The number of carbonyl (C=O) groups is 1. The van der Waals surface area contributed by atoms with Gasteiger partial charge in [0.05, 0.1) is 17.9 Å². The number of aryl methyl sites for hydroxylation is 1. The molecule has 0 bridgehead atoms. The molecule has 0 saturated carbocycles. The molecule has 5 heteroatoms. The van der Waals surface area contributed by atoms with Gasteiger partial charge in [0.15, 0.2) is 5.82 Å². The van der Waals surface area contributed by atoms with Crippen LogP contribution in [0.2, 0.25) is 0 Å². The van der Waals surface area contributed by atoms with Crippen molar-refractivity contribution in [2.45, 2.75) is 39.2 Å². The van der Waals surface area contributed by atoms with Crippen LogP contribution in [0.1, 0.15) is 54.7 Å². The Balaban J connectivity index is 2.24. The van der Waals surface area contributed by atoms with Crippen LogP contribution in [-0.2, 0) is 15.9 Å². The number of hydrogen-bond donors (Lipinski definition) is 0. The van der Waals surface area contributed by atoms with Crippen LogP contribution in [-0.4, -0.2) is 29.2 Å². The van der Waals surface area contributed by atoms with Crippen molar-refractivity contribution < 1.29 is 14.3 Å². The maximum absolute atomic E-state index is 11.7. The fourth-order valence-corrected chi connectivity index (χ4v) is 2.02. The summed E-state index contributed by atoms with van der Waals surface area (Å²) in [6, 6.07) is 0. The monoisotopic (exact) mass is 250 g/mol. The van der Waals surface area contributed by atoms with Crippen LogP contribution in [0.4, 0.5) is 0 Å². The standard InChI is InChI=1S/C13H18N2O3/c1-3-10-9(13(16)17-4-2)8-14-12(15-10)11-6-5-7-18-11/h8,11H,3-7H2,1-2H3. The van der Waals surface area contributed by atoms with Crippen LogP contribution in [0.25, 0.3) is 0 Å². The second-order valence-corrected chi connectivity index (χ2v) is 4.16. The number of rotatable bonds is 4. The summed E-state index contributed by atoms with van der Waals surface area (Å²) >= 11 is 0. The SMILES string of the molecule is CCOC(=O)c1cnc(C2CCCO2)nc1CC. The molecule has 0 amide bonds. The molecule has 1 aromatic heterocycles. The van der Waals surface area contributed by atoms with Gasteiger partial charge in [0.25, 0.3) is 0 Å². The van der Waals surface area contributed by atoms with Gasteiger partial charge in [-0.15, -0.1) is 0 Å². The molecule has 18 heavy (non-hydrogen) atoms. The third kappa shape index (κ3) is 2.67.